The van der Waals surface area contributed by atoms with E-state index in [1.165, 1.54) is 27.9 Å². The van der Waals surface area contributed by atoms with Crippen LogP contribution in [0.4, 0.5) is 0 Å². The maximum atomic E-state index is 9.55. The lowest BCUT2D eigenvalue weighted by Crippen LogP contribution is -2.22. The Labute approximate surface area is 146 Å². The molecule has 0 saturated heterocycles. The lowest BCUT2D eigenvalue weighted by atomic mass is 10.0. The lowest BCUT2D eigenvalue weighted by molar-refractivity contribution is -0.134. The zero-order valence-electron chi connectivity index (χ0n) is 14.3. The van der Waals surface area contributed by atoms with E-state index in [9.17, 15) is 9.59 Å². The van der Waals surface area contributed by atoms with Crippen molar-refractivity contribution >= 4 is 11.9 Å². The van der Waals surface area contributed by atoms with E-state index in [1.807, 2.05) is 0 Å². The molecule has 1 aliphatic rings. The Morgan fingerprint density at radius 1 is 1.24 bits per heavy atom. The minimum Gasteiger partial charge on any atom is -0.478 e. The topological polar surface area (TPSA) is 106 Å². The molecule has 1 aromatic heterocycles. The molecule has 1 atom stereocenters. The molecular formula is C19H22N2O4. The highest BCUT2D eigenvalue weighted by Crippen LogP contribution is 2.38. The number of aryl methyl sites for hydroxylation is 1. The van der Waals surface area contributed by atoms with Crippen LogP contribution >= 0.6 is 0 Å². The number of benzene rings is 1. The van der Waals surface area contributed by atoms with Crippen molar-refractivity contribution in [2.24, 2.45) is 5.73 Å². The number of rotatable bonds is 4. The van der Waals surface area contributed by atoms with Crippen molar-refractivity contribution in [1.82, 2.24) is 4.57 Å². The van der Waals surface area contributed by atoms with Gasteiger partial charge in [0.25, 0.3) is 0 Å². The van der Waals surface area contributed by atoms with Crippen molar-refractivity contribution in [3.8, 4) is 11.3 Å². The van der Waals surface area contributed by atoms with E-state index in [2.05, 4.69) is 48.9 Å². The quantitative estimate of drug-likeness (QED) is 0.632. The van der Waals surface area contributed by atoms with E-state index in [0.717, 1.165) is 13.0 Å². The summed E-state index contributed by atoms with van der Waals surface area (Å²) in [5.74, 6) is -2.51. The van der Waals surface area contributed by atoms with E-state index in [-0.39, 0.29) is 6.04 Å². The van der Waals surface area contributed by atoms with Crippen molar-refractivity contribution in [3.05, 3.63) is 59.3 Å². The largest absolute Gasteiger partial charge is 0.478 e. The van der Waals surface area contributed by atoms with Gasteiger partial charge in [-0.2, -0.15) is 0 Å². The molecule has 1 aromatic carbocycles. The van der Waals surface area contributed by atoms with Gasteiger partial charge >= 0.3 is 11.9 Å². The van der Waals surface area contributed by atoms with Gasteiger partial charge in [0.05, 0.1) is 5.69 Å². The molecule has 25 heavy (non-hydrogen) atoms. The molecule has 0 aliphatic heterocycles. The number of nitrogens with two attached hydrogens (primary N) is 1. The highest BCUT2D eigenvalue weighted by atomic mass is 16.4. The SMILES string of the molecule is Cc1cccc2c1Cc1ccn(CC(C)N)c1-2.O=C(O)C=CC(=O)O. The summed E-state index contributed by atoms with van der Waals surface area (Å²) in [4.78, 5) is 19.1. The molecule has 1 unspecified atom stereocenters. The molecular weight excluding hydrogens is 320 g/mol. The average Bonchev–Trinajstić information content (AvgIpc) is 3.07. The predicted octanol–water partition coefficient (Wildman–Crippen LogP) is 2.43. The van der Waals surface area contributed by atoms with E-state index in [4.69, 9.17) is 15.9 Å². The minimum absolute atomic E-state index is 0.195. The first-order valence-corrected chi connectivity index (χ1v) is 7.96. The van der Waals surface area contributed by atoms with Gasteiger partial charge in [-0.25, -0.2) is 9.59 Å². The first-order valence-electron chi connectivity index (χ1n) is 7.96. The maximum Gasteiger partial charge on any atom is 0.328 e. The van der Waals surface area contributed by atoms with Gasteiger partial charge in [-0.1, -0.05) is 18.2 Å². The normalized spacial score (nSPS) is 12.9. The van der Waals surface area contributed by atoms with Gasteiger partial charge < -0.3 is 20.5 Å². The fraction of sp³-hybridized carbons (Fsp3) is 0.263. The third-order valence-electron chi connectivity index (χ3n) is 3.93. The second-order valence-electron chi connectivity index (χ2n) is 6.11. The van der Waals surface area contributed by atoms with E-state index >= 15 is 0 Å². The van der Waals surface area contributed by atoms with Crippen LogP contribution in [0.1, 0.15) is 23.6 Å². The van der Waals surface area contributed by atoms with Gasteiger partial charge in [0, 0.05) is 42.9 Å². The molecule has 0 spiro atoms. The zero-order valence-corrected chi connectivity index (χ0v) is 14.3. The van der Waals surface area contributed by atoms with Crippen molar-refractivity contribution in [2.75, 3.05) is 0 Å². The van der Waals surface area contributed by atoms with Crippen LogP contribution in [0.15, 0.2) is 42.6 Å². The van der Waals surface area contributed by atoms with E-state index < -0.39 is 11.9 Å². The summed E-state index contributed by atoms with van der Waals surface area (Å²) in [6.45, 7) is 5.14. The molecule has 0 fully saturated rings. The van der Waals surface area contributed by atoms with Gasteiger partial charge in [0.1, 0.15) is 0 Å². The number of hydrogen-bond donors (Lipinski definition) is 3. The second-order valence-corrected chi connectivity index (χ2v) is 6.11. The second kappa shape index (κ2) is 7.81. The number of aromatic nitrogens is 1. The summed E-state index contributed by atoms with van der Waals surface area (Å²) in [5.41, 5.74) is 13.0. The Hall–Kier alpha value is -2.86. The van der Waals surface area contributed by atoms with E-state index in [0.29, 0.717) is 12.2 Å². The standard InChI is InChI=1S/C15H18N2.C4H4O4/c1-10-4-3-5-13-14(10)8-12-6-7-17(15(12)13)9-11(2)16;5-3(6)1-2-4(7)8/h3-7,11H,8-9,16H2,1-2H3;1-2H,(H,5,6)(H,7,8). The van der Waals surface area contributed by atoms with Gasteiger partial charge in [0.2, 0.25) is 0 Å². The molecule has 4 N–H and O–H groups in total. The molecule has 0 amide bonds. The average molecular weight is 342 g/mol. The van der Waals surface area contributed by atoms with Gasteiger partial charge in [-0.15, -0.1) is 0 Å². The van der Waals surface area contributed by atoms with Crippen molar-refractivity contribution in [2.45, 2.75) is 32.9 Å². The van der Waals surface area contributed by atoms with Gasteiger partial charge in [0.15, 0.2) is 0 Å². The minimum atomic E-state index is -1.26. The Morgan fingerprint density at radius 3 is 2.44 bits per heavy atom. The van der Waals surface area contributed by atoms with Crippen molar-refractivity contribution in [1.29, 1.82) is 0 Å². The van der Waals surface area contributed by atoms with E-state index in [1.54, 1.807) is 0 Å². The number of hydrogen-bond acceptors (Lipinski definition) is 3. The maximum absolute atomic E-state index is 9.55. The van der Waals surface area contributed by atoms with Crippen LogP contribution in [0, 0.1) is 6.92 Å². The van der Waals surface area contributed by atoms with Gasteiger partial charge in [-0.05, 0) is 36.6 Å². The molecule has 2 aromatic rings. The summed E-state index contributed by atoms with van der Waals surface area (Å²) in [5, 5.41) is 15.6. The molecule has 0 bridgehead atoms. The molecule has 1 aliphatic carbocycles. The fourth-order valence-electron chi connectivity index (χ4n) is 2.94. The summed E-state index contributed by atoms with van der Waals surface area (Å²) >= 11 is 0. The van der Waals surface area contributed by atoms with Crippen LogP contribution in [0.5, 0.6) is 0 Å². The summed E-state index contributed by atoms with van der Waals surface area (Å²) in [7, 11) is 0. The van der Waals surface area contributed by atoms with Crippen LogP contribution in [0.3, 0.4) is 0 Å². The smallest absolute Gasteiger partial charge is 0.328 e. The Morgan fingerprint density at radius 2 is 1.88 bits per heavy atom. The van der Waals surface area contributed by atoms with Crippen molar-refractivity contribution < 1.29 is 19.8 Å². The molecule has 132 valence electrons. The Balaban J connectivity index is 0.000000242. The number of aliphatic carboxylic acids is 2. The van der Waals surface area contributed by atoms with Crippen LogP contribution in [0.2, 0.25) is 0 Å². The van der Waals surface area contributed by atoms with Crippen LogP contribution < -0.4 is 5.73 Å². The Bertz CT molecular complexity index is 803. The summed E-state index contributed by atoms with van der Waals surface area (Å²) < 4.78 is 2.30. The molecule has 0 saturated carbocycles. The molecule has 6 heteroatoms. The third-order valence-corrected chi connectivity index (χ3v) is 3.93. The Kier molecular flexibility index (Phi) is 5.77. The number of nitrogens with zero attached hydrogens (tertiary/aromatic N) is 1. The monoisotopic (exact) mass is 342 g/mol. The molecule has 3 rings (SSSR count). The number of carboxylic acid groups (broad SMARTS) is 2. The number of carboxylic acids is 2. The lowest BCUT2D eigenvalue weighted by Gasteiger charge is -2.12. The predicted molar refractivity (Wildman–Crippen MR) is 95.5 cm³/mol. The highest BCUT2D eigenvalue weighted by Gasteiger charge is 2.23. The van der Waals surface area contributed by atoms with Crippen molar-refractivity contribution in [3.63, 3.8) is 0 Å². The fourth-order valence-corrected chi connectivity index (χ4v) is 2.94. The first-order chi connectivity index (χ1) is 11.8. The first kappa shape index (κ1) is 18.5. The highest BCUT2D eigenvalue weighted by molar-refractivity contribution is 5.89. The number of carbonyl (C=O) groups is 2. The number of fused-ring (bicyclic) bond motifs is 3. The summed E-state index contributed by atoms with van der Waals surface area (Å²) in [6, 6.07) is 9.00. The molecule has 1 heterocycles. The molecule has 0 radical (unpaired) electrons. The van der Waals surface area contributed by atoms with Gasteiger partial charge in [-0.3, -0.25) is 0 Å². The summed E-state index contributed by atoms with van der Waals surface area (Å²) in [6.07, 6.45) is 4.35. The van der Waals surface area contributed by atoms with Crippen LogP contribution in [-0.2, 0) is 22.6 Å². The zero-order chi connectivity index (χ0) is 18.6. The van der Waals surface area contributed by atoms with Crippen LogP contribution in [0.25, 0.3) is 11.3 Å². The third kappa shape index (κ3) is 4.58. The van der Waals surface area contributed by atoms with Crippen LogP contribution in [-0.4, -0.2) is 32.8 Å². The molecule has 6 nitrogen and oxygen atoms in total.